The molecule has 2 aromatic rings. The highest BCUT2D eigenvalue weighted by Gasteiger charge is 2.31. The fourth-order valence-electron chi connectivity index (χ4n) is 3.21. The predicted octanol–water partition coefficient (Wildman–Crippen LogP) is 2.49. The molecule has 1 aliphatic heterocycles. The molecular weight excluding hydrogens is 382 g/mol. The van der Waals surface area contributed by atoms with Gasteiger partial charge in [0.15, 0.2) is 14.9 Å². The highest BCUT2D eigenvalue weighted by molar-refractivity contribution is 7.91. The SMILES string of the molecule is Cc1ccccc1NC(=S)N/N=C/c1c(C)nn(C2CCS(=O)(=O)C2)c1C. The fourth-order valence-corrected chi connectivity index (χ4v) is 5.06. The average Bonchev–Trinajstić information content (AvgIpc) is 3.10. The van der Waals surface area contributed by atoms with Gasteiger partial charge in [0, 0.05) is 16.9 Å². The van der Waals surface area contributed by atoms with Crippen molar-refractivity contribution in [3.8, 4) is 0 Å². The molecule has 1 fully saturated rings. The summed E-state index contributed by atoms with van der Waals surface area (Å²) in [7, 11) is -2.96. The molecule has 1 saturated heterocycles. The summed E-state index contributed by atoms with van der Waals surface area (Å²) in [5, 5.41) is 12.2. The Kier molecular flexibility index (Phi) is 5.61. The van der Waals surface area contributed by atoms with Gasteiger partial charge in [0.05, 0.1) is 29.5 Å². The van der Waals surface area contributed by atoms with Crippen LogP contribution < -0.4 is 10.7 Å². The molecule has 1 atom stereocenters. The predicted molar refractivity (Wildman–Crippen MR) is 112 cm³/mol. The van der Waals surface area contributed by atoms with Crippen LogP contribution in [0.4, 0.5) is 5.69 Å². The van der Waals surface area contributed by atoms with Crippen LogP contribution in [0.2, 0.25) is 0 Å². The summed E-state index contributed by atoms with van der Waals surface area (Å²) in [6.07, 6.45) is 2.27. The maximum absolute atomic E-state index is 11.7. The maximum Gasteiger partial charge on any atom is 0.191 e. The third-order valence-corrected chi connectivity index (χ3v) is 6.63. The molecular formula is C18H23N5O2S2. The van der Waals surface area contributed by atoms with E-state index in [1.54, 1.807) is 6.21 Å². The first kappa shape index (κ1) is 19.5. The summed E-state index contributed by atoms with van der Waals surface area (Å²) in [5.74, 6) is 0.369. The van der Waals surface area contributed by atoms with E-state index in [4.69, 9.17) is 12.2 Å². The molecule has 2 heterocycles. The van der Waals surface area contributed by atoms with Gasteiger partial charge >= 0.3 is 0 Å². The standard InChI is InChI=1S/C18H23N5O2S2/c1-12-6-4-5-7-17(12)20-18(26)21-19-10-16-13(2)22-23(14(16)3)15-8-9-27(24,25)11-15/h4-7,10,15H,8-9,11H2,1-3H3,(H2,20,21,26)/b19-10+. The van der Waals surface area contributed by atoms with E-state index in [1.807, 2.05) is 49.7 Å². The minimum Gasteiger partial charge on any atom is -0.331 e. The highest BCUT2D eigenvalue weighted by atomic mass is 32.2. The second kappa shape index (κ2) is 7.77. The second-order valence-electron chi connectivity index (χ2n) is 6.72. The van der Waals surface area contributed by atoms with Crippen LogP contribution in [-0.2, 0) is 9.84 Å². The molecule has 27 heavy (non-hydrogen) atoms. The quantitative estimate of drug-likeness (QED) is 0.462. The smallest absolute Gasteiger partial charge is 0.191 e. The lowest BCUT2D eigenvalue weighted by Crippen LogP contribution is -2.24. The van der Waals surface area contributed by atoms with Gasteiger partial charge in [0.1, 0.15) is 0 Å². The number of thiocarbonyl (C=S) groups is 1. The zero-order chi connectivity index (χ0) is 19.6. The van der Waals surface area contributed by atoms with Crippen molar-refractivity contribution in [2.45, 2.75) is 33.2 Å². The molecule has 7 nitrogen and oxygen atoms in total. The Hall–Kier alpha value is -2.26. The van der Waals surface area contributed by atoms with E-state index in [-0.39, 0.29) is 17.5 Å². The van der Waals surface area contributed by atoms with Crippen molar-refractivity contribution in [1.82, 2.24) is 15.2 Å². The van der Waals surface area contributed by atoms with Crippen LogP contribution in [-0.4, -0.2) is 41.0 Å². The summed E-state index contributed by atoms with van der Waals surface area (Å²) in [5.41, 5.74) is 7.39. The number of benzene rings is 1. The van der Waals surface area contributed by atoms with Crippen LogP contribution in [0, 0.1) is 20.8 Å². The van der Waals surface area contributed by atoms with Crippen LogP contribution in [0.1, 0.15) is 35.0 Å². The van der Waals surface area contributed by atoms with E-state index < -0.39 is 9.84 Å². The van der Waals surface area contributed by atoms with Crippen LogP contribution >= 0.6 is 12.2 Å². The Bertz CT molecular complexity index is 995. The van der Waals surface area contributed by atoms with E-state index in [0.717, 1.165) is 28.2 Å². The largest absolute Gasteiger partial charge is 0.331 e. The van der Waals surface area contributed by atoms with Crippen molar-refractivity contribution in [3.63, 3.8) is 0 Å². The van der Waals surface area contributed by atoms with E-state index in [2.05, 4.69) is 20.9 Å². The van der Waals surface area contributed by atoms with Crippen LogP contribution in [0.15, 0.2) is 29.4 Å². The van der Waals surface area contributed by atoms with Crippen molar-refractivity contribution in [2.75, 3.05) is 16.8 Å². The van der Waals surface area contributed by atoms with Gasteiger partial charge in [-0.2, -0.15) is 10.2 Å². The minimum absolute atomic E-state index is 0.104. The van der Waals surface area contributed by atoms with Crippen molar-refractivity contribution in [1.29, 1.82) is 0 Å². The molecule has 1 aromatic carbocycles. The van der Waals surface area contributed by atoms with E-state index >= 15 is 0 Å². The summed E-state index contributed by atoms with van der Waals surface area (Å²) in [6, 6.07) is 7.74. The number of nitrogens with zero attached hydrogens (tertiary/aromatic N) is 3. The highest BCUT2D eigenvalue weighted by Crippen LogP contribution is 2.26. The van der Waals surface area contributed by atoms with Crippen LogP contribution in [0.5, 0.6) is 0 Å². The molecule has 0 aliphatic carbocycles. The number of para-hydroxylation sites is 1. The molecule has 2 N–H and O–H groups in total. The molecule has 1 aromatic heterocycles. The first-order chi connectivity index (χ1) is 12.8. The van der Waals surface area contributed by atoms with Crippen LogP contribution in [0.3, 0.4) is 0 Å². The zero-order valence-electron chi connectivity index (χ0n) is 15.6. The van der Waals surface area contributed by atoms with Gasteiger partial charge in [-0.15, -0.1) is 0 Å². The van der Waals surface area contributed by atoms with Crippen molar-refractivity contribution in [3.05, 3.63) is 46.8 Å². The normalized spacial score (nSPS) is 18.7. The van der Waals surface area contributed by atoms with Gasteiger partial charge < -0.3 is 5.32 Å². The third kappa shape index (κ3) is 4.54. The number of aryl methyl sites for hydroxylation is 2. The molecule has 9 heteroatoms. The third-order valence-electron chi connectivity index (χ3n) is 4.69. The number of rotatable bonds is 4. The van der Waals surface area contributed by atoms with Gasteiger partial charge in [0.2, 0.25) is 0 Å². The number of aromatic nitrogens is 2. The molecule has 1 unspecified atom stereocenters. The Morgan fingerprint density at radius 1 is 1.33 bits per heavy atom. The summed E-state index contributed by atoms with van der Waals surface area (Å²) in [6.45, 7) is 5.81. The van der Waals surface area contributed by atoms with Crippen LogP contribution in [0.25, 0.3) is 0 Å². The Morgan fingerprint density at radius 3 is 2.74 bits per heavy atom. The van der Waals surface area contributed by atoms with Crippen molar-refractivity contribution in [2.24, 2.45) is 5.10 Å². The number of hydrogen-bond donors (Lipinski definition) is 2. The van der Waals surface area contributed by atoms with Gasteiger partial charge in [-0.3, -0.25) is 10.1 Å². The molecule has 0 bridgehead atoms. The molecule has 0 radical (unpaired) electrons. The molecule has 1 aliphatic rings. The topological polar surface area (TPSA) is 88.4 Å². The van der Waals surface area contributed by atoms with Gasteiger partial charge in [-0.1, -0.05) is 18.2 Å². The maximum atomic E-state index is 11.7. The summed E-state index contributed by atoms with van der Waals surface area (Å²) >= 11 is 5.27. The van der Waals surface area contributed by atoms with E-state index in [0.29, 0.717) is 11.5 Å². The lowest BCUT2D eigenvalue weighted by Gasteiger charge is -2.11. The summed E-state index contributed by atoms with van der Waals surface area (Å²) in [4.78, 5) is 0. The van der Waals surface area contributed by atoms with Crippen molar-refractivity contribution < 1.29 is 8.42 Å². The molecule has 0 saturated carbocycles. The number of hydrazone groups is 1. The van der Waals surface area contributed by atoms with Gasteiger partial charge in [-0.25, -0.2) is 8.42 Å². The lowest BCUT2D eigenvalue weighted by atomic mass is 10.2. The van der Waals surface area contributed by atoms with Gasteiger partial charge in [0.25, 0.3) is 0 Å². The first-order valence-electron chi connectivity index (χ1n) is 8.68. The summed E-state index contributed by atoms with van der Waals surface area (Å²) < 4.78 is 25.3. The number of anilines is 1. The Balaban J connectivity index is 1.67. The average molecular weight is 406 g/mol. The second-order valence-corrected chi connectivity index (χ2v) is 9.36. The van der Waals surface area contributed by atoms with Gasteiger partial charge in [-0.05, 0) is 51.0 Å². The van der Waals surface area contributed by atoms with Crippen molar-refractivity contribution >= 4 is 39.1 Å². The number of sulfone groups is 1. The molecule has 0 amide bonds. The first-order valence-corrected chi connectivity index (χ1v) is 10.9. The lowest BCUT2D eigenvalue weighted by molar-refractivity contribution is 0.486. The number of hydrogen-bond acceptors (Lipinski definition) is 5. The van der Waals surface area contributed by atoms with E-state index in [9.17, 15) is 8.42 Å². The van der Waals surface area contributed by atoms with E-state index in [1.165, 1.54) is 0 Å². The Labute approximate surface area is 164 Å². The Morgan fingerprint density at radius 2 is 2.07 bits per heavy atom. The number of nitrogens with one attached hydrogen (secondary N) is 2. The fraction of sp³-hybridized carbons (Fsp3) is 0.389. The molecule has 0 spiro atoms. The molecule has 3 rings (SSSR count). The monoisotopic (exact) mass is 405 g/mol. The zero-order valence-corrected chi connectivity index (χ0v) is 17.2. The minimum atomic E-state index is -2.96. The molecule has 144 valence electrons.